The molecule has 2 aromatic heterocycles. The molecule has 2 aromatic rings. The number of hydrogen-bond donors (Lipinski definition) is 1. The third kappa shape index (κ3) is 3.11. The third-order valence-electron chi connectivity index (χ3n) is 2.41. The highest BCUT2D eigenvalue weighted by Crippen LogP contribution is 2.23. The lowest BCUT2D eigenvalue weighted by Crippen LogP contribution is -2.19. The zero-order chi connectivity index (χ0) is 13.1. The molecule has 0 saturated carbocycles. The molecule has 1 unspecified atom stereocenters. The van der Waals surface area contributed by atoms with Gasteiger partial charge in [0, 0.05) is 34.5 Å². The zero-order valence-electron chi connectivity index (χ0n) is 10.4. The van der Waals surface area contributed by atoms with E-state index in [1.165, 1.54) is 0 Å². The molecule has 2 heterocycles. The molecule has 0 bridgehead atoms. The van der Waals surface area contributed by atoms with Crippen molar-refractivity contribution in [2.75, 3.05) is 0 Å². The molecule has 0 aliphatic carbocycles. The SMILES string of the molecule is Cc1cc(CC(C)N)nc(-c2ncccc2Br)n1. The first-order chi connectivity index (χ1) is 8.56. The van der Waals surface area contributed by atoms with Crippen LogP contribution in [-0.4, -0.2) is 21.0 Å². The topological polar surface area (TPSA) is 64.7 Å². The lowest BCUT2D eigenvalue weighted by atomic mass is 10.1. The fraction of sp³-hybridized carbons (Fsp3) is 0.308. The number of aryl methyl sites for hydroxylation is 1. The number of pyridine rings is 1. The number of hydrogen-bond acceptors (Lipinski definition) is 4. The Balaban J connectivity index is 2.45. The van der Waals surface area contributed by atoms with Crippen LogP contribution in [0.5, 0.6) is 0 Å². The van der Waals surface area contributed by atoms with Crippen molar-refractivity contribution in [3.63, 3.8) is 0 Å². The van der Waals surface area contributed by atoms with Gasteiger partial charge < -0.3 is 5.73 Å². The summed E-state index contributed by atoms with van der Waals surface area (Å²) < 4.78 is 0.891. The van der Waals surface area contributed by atoms with Crippen LogP contribution in [0.15, 0.2) is 28.9 Å². The van der Waals surface area contributed by atoms with Gasteiger partial charge in [-0.1, -0.05) is 0 Å². The standard InChI is InChI=1S/C13H15BrN4/c1-8(15)6-10-7-9(2)17-13(18-10)12-11(14)4-3-5-16-12/h3-5,7-8H,6,15H2,1-2H3. The summed E-state index contributed by atoms with van der Waals surface area (Å²) in [4.78, 5) is 13.3. The van der Waals surface area contributed by atoms with E-state index < -0.39 is 0 Å². The van der Waals surface area contributed by atoms with Gasteiger partial charge in [0.1, 0.15) is 5.69 Å². The van der Waals surface area contributed by atoms with E-state index in [1.54, 1.807) is 6.20 Å². The number of halogens is 1. The maximum absolute atomic E-state index is 5.81. The lowest BCUT2D eigenvalue weighted by molar-refractivity contribution is 0.719. The lowest BCUT2D eigenvalue weighted by Gasteiger charge is -2.08. The molecule has 94 valence electrons. The molecule has 18 heavy (non-hydrogen) atoms. The van der Waals surface area contributed by atoms with Crippen LogP contribution in [0.3, 0.4) is 0 Å². The van der Waals surface area contributed by atoms with Gasteiger partial charge in [0.25, 0.3) is 0 Å². The van der Waals surface area contributed by atoms with E-state index in [2.05, 4.69) is 30.9 Å². The molecule has 0 aliphatic heterocycles. The van der Waals surface area contributed by atoms with Crippen molar-refractivity contribution in [3.8, 4) is 11.5 Å². The monoisotopic (exact) mass is 306 g/mol. The van der Waals surface area contributed by atoms with Crippen LogP contribution in [-0.2, 0) is 6.42 Å². The van der Waals surface area contributed by atoms with E-state index in [0.29, 0.717) is 5.82 Å². The molecule has 2 rings (SSSR count). The molecular formula is C13H15BrN4. The van der Waals surface area contributed by atoms with Gasteiger partial charge in [0.2, 0.25) is 0 Å². The van der Waals surface area contributed by atoms with Crippen molar-refractivity contribution >= 4 is 15.9 Å². The van der Waals surface area contributed by atoms with Crippen LogP contribution in [0.4, 0.5) is 0 Å². The molecule has 0 radical (unpaired) electrons. The minimum Gasteiger partial charge on any atom is -0.328 e. The van der Waals surface area contributed by atoms with Gasteiger partial charge in [-0.2, -0.15) is 0 Å². The van der Waals surface area contributed by atoms with Gasteiger partial charge in [-0.25, -0.2) is 9.97 Å². The van der Waals surface area contributed by atoms with Crippen LogP contribution in [0.1, 0.15) is 18.3 Å². The van der Waals surface area contributed by atoms with Crippen LogP contribution in [0.2, 0.25) is 0 Å². The minimum absolute atomic E-state index is 0.0827. The molecule has 0 aromatic carbocycles. The summed E-state index contributed by atoms with van der Waals surface area (Å²) >= 11 is 3.47. The Bertz CT molecular complexity index is 554. The first kappa shape index (κ1) is 13.1. The molecule has 0 spiro atoms. The summed E-state index contributed by atoms with van der Waals surface area (Å²) in [6.07, 6.45) is 2.47. The first-order valence-corrected chi connectivity index (χ1v) is 6.56. The summed E-state index contributed by atoms with van der Waals surface area (Å²) in [6, 6.07) is 5.84. The van der Waals surface area contributed by atoms with Gasteiger partial charge in [0.15, 0.2) is 5.82 Å². The highest BCUT2D eigenvalue weighted by molar-refractivity contribution is 9.10. The minimum atomic E-state index is 0.0827. The third-order valence-corrected chi connectivity index (χ3v) is 3.05. The Morgan fingerprint density at radius 1 is 1.39 bits per heavy atom. The second-order valence-electron chi connectivity index (χ2n) is 4.34. The molecule has 5 heteroatoms. The van der Waals surface area contributed by atoms with E-state index in [4.69, 9.17) is 5.73 Å². The summed E-state index contributed by atoms with van der Waals surface area (Å²) in [5.74, 6) is 0.637. The van der Waals surface area contributed by atoms with E-state index in [1.807, 2.05) is 32.0 Å². The van der Waals surface area contributed by atoms with Crippen LogP contribution >= 0.6 is 15.9 Å². The molecule has 0 aliphatic rings. The number of nitrogens with zero attached hydrogens (tertiary/aromatic N) is 3. The predicted molar refractivity (Wildman–Crippen MR) is 75.1 cm³/mol. The maximum Gasteiger partial charge on any atom is 0.179 e. The smallest absolute Gasteiger partial charge is 0.179 e. The Morgan fingerprint density at radius 3 is 2.83 bits per heavy atom. The van der Waals surface area contributed by atoms with E-state index >= 15 is 0 Å². The predicted octanol–water partition coefficient (Wildman–Crippen LogP) is 2.50. The van der Waals surface area contributed by atoms with Crippen LogP contribution < -0.4 is 5.73 Å². The first-order valence-electron chi connectivity index (χ1n) is 5.77. The van der Waals surface area contributed by atoms with Gasteiger partial charge in [-0.15, -0.1) is 0 Å². The second-order valence-corrected chi connectivity index (χ2v) is 5.19. The van der Waals surface area contributed by atoms with Crippen molar-refractivity contribution in [1.82, 2.24) is 15.0 Å². The molecule has 2 N–H and O–H groups in total. The average molecular weight is 307 g/mol. The Hall–Kier alpha value is -1.33. The highest BCUT2D eigenvalue weighted by Gasteiger charge is 2.10. The summed E-state index contributed by atoms with van der Waals surface area (Å²) in [5.41, 5.74) is 8.44. The fourth-order valence-electron chi connectivity index (χ4n) is 1.72. The Labute approximate surface area is 115 Å². The van der Waals surface area contributed by atoms with E-state index in [-0.39, 0.29) is 6.04 Å². The van der Waals surface area contributed by atoms with Gasteiger partial charge in [-0.3, -0.25) is 4.98 Å². The maximum atomic E-state index is 5.81. The quantitative estimate of drug-likeness (QED) is 0.946. The van der Waals surface area contributed by atoms with Crippen molar-refractivity contribution in [1.29, 1.82) is 0 Å². The van der Waals surface area contributed by atoms with Gasteiger partial charge >= 0.3 is 0 Å². The van der Waals surface area contributed by atoms with Crippen molar-refractivity contribution in [2.24, 2.45) is 5.73 Å². The summed E-state index contributed by atoms with van der Waals surface area (Å²) in [5, 5.41) is 0. The van der Waals surface area contributed by atoms with Crippen molar-refractivity contribution in [3.05, 3.63) is 40.3 Å². The molecule has 0 saturated heterocycles. The van der Waals surface area contributed by atoms with E-state index in [9.17, 15) is 0 Å². The molecule has 1 atom stereocenters. The number of rotatable bonds is 3. The zero-order valence-corrected chi connectivity index (χ0v) is 12.0. The fourth-order valence-corrected chi connectivity index (χ4v) is 2.16. The normalized spacial score (nSPS) is 12.4. The number of aromatic nitrogens is 3. The van der Waals surface area contributed by atoms with Gasteiger partial charge in [-0.05, 0) is 48.0 Å². The Kier molecular flexibility index (Phi) is 4.04. The molecule has 4 nitrogen and oxygen atoms in total. The second kappa shape index (κ2) is 5.54. The highest BCUT2D eigenvalue weighted by atomic mass is 79.9. The average Bonchev–Trinajstić information content (AvgIpc) is 2.27. The molecule has 0 fully saturated rings. The van der Waals surface area contributed by atoms with Gasteiger partial charge in [0.05, 0.1) is 0 Å². The van der Waals surface area contributed by atoms with Crippen LogP contribution in [0, 0.1) is 6.92 Å². The van der Waals surface area contributed by atoms with Crippen molar-refractivity contribution < 1.29 is 0 Å². The Morgan fingerprint density at radius 2 is 2.17 bits per heavy atom. The van der Waals surface area contributed by atoms with E-state index in [0.717, 1.165) is 28.0 Å². The molecular weight excluding hydrogens is 292 g/mol. The van der Waals surface area contributed by atoms with Crippen LogP contribution in [0.25, 0.3) is 11.5 Å². The van der Waals surface area contributed by atoms with Crippen molar-refractivity contribution in [2.45, 2.75) is 26.3 Å². The largest absolute Gasteiger partial charge is 0.328 e. The summed E-state index contributed by atoms with van der Waals surface area (Å²) in [7, 11) is 0. The summed E-state index contributed by atoms with van der Waals surface area (Å²) in [6.45, 7) is 3.92. The number of nitrogens with two attached hydrogens (primary N) is 1. The molecule has 0 amide bonds.